The Labute approximate surface area is 225 Å². The fraction of sp³-hybridized carbons (Fsp3) is 0.630. The number of ether oxygens (including phenoxy) is 2. The van der Waals surface area contributed by atoms with E-state index in [9.17, 15) is 0 Å². The summed E-state index contributed by atoms with van der Waals surface area (Å²) in [5.74, 6) is 0.808. The number of rotatable bonds is 10. The highest BCUT2D eigenvalue weighted by Gasteiger charge is 2.27. The average molecular weight is 537 g/mol. The van der Waals surface area contributed by atoms with Crippen LogP contribution in [-0.2, 0) is 9.47 Å². The molecular weight excluding hydrogens is 497 g/mol. The van der Waals surface area contributed by atoms with E-state index in [1.54, 1.807) is 19.5 Å². The van der Waals surface area contributed by atoms with Crippen LogP contribution in [-0.4, -0.2) is 61.6 Å². The minimum atomic E-state index is 0.208. The van der Waals surface area contributed by atoms with Gasteiger partial charge in [-0.15, -0.1) is 0 Å². The van der Waals surface area contributed by atoms with Crippen molar-refractivity contribution in [3.8, 4) is 11.1 Å². The van der Waals surface area contributed by atoms with E-state index in [1.807, 2.05) is 12.1 Å². The maximum Gasteiger partial charge on any atom is 0.137 e. The fourth-order valence-corrected chi connectivity index (χ4v) is 5.54. The van der Waals surface area contributed by atoms with Gasteiger partial charge in [0.2, 0.25) is 0 Å². The Morgan fingerprint density at radius 1 is 1.06 bits per heavy atom. The minimum Gasteiger partial charge on any atom is -0.383 e. The molecule has 1 saturated heterocycles. The standard InChI is InChI=1S/C27H39Cl2N5O2/c1-18(16-35-3)33-19-4-6-20(7-5-19)34-25-13-22(24(28)15-30-25)23-12-21(14-31-26(23)29)32-17-27(2)8-10-36-11-9-27/h12-15,18-20,32-33H,4-11,16-17H2,1-3H3,(H,30,34)/t18-,19-,20-/m1/s1. The second kappa shape index (κ2) is 12.7. The van der Waals surface area contributed by atoms with Gasteiger partial charge in [-0.3, -0.25) is 0 Å². The maximum atomic E-state index is 6.58. The van der Waals surface area contributed by atoms with Crippen molar-refractivity contribution >= 4 is 34.7 Å². The molecule has 0 spiro atoms. The van der Waals surface area contributed by atoms with E-state index >= 15 is 0 Å². The Balaban J connectivity index is 1.40. The molecule has 1 atom stereocenters. The molecule has 7 nitrogen and oxygen atoms in total. The molecule has 0 amide bonds. The third-order valence-corrected chi connectivity index (χ3v) is 8.02. The first-order valence-electron chi connectivity index (χ1n) is 13.0. The molecule has 0 aromatic carbocycles. The summed E-state index contributed by atoms with van der Waals surface area (Å²) in [4.78, 5) is 8.98. The van der Waals surface area contributed by atoms with E-state index in [0.717, 1.165) is 87.5 Å². The summed E-state index contributed by atoms with van der Waals surface area (Å²) in [7, 11) is 1.75. The molecule has 1 saturated carbocycles. The number of nitrogens with one attached hydrogen (secondary N) is 3. The number of pyridine rings is 2. The number of methoxy groups -OCH3 is 1. The predicted octanol–water partition coefficient (Wildman–Crippen LogP) is 6.03. The molecule has 2 aliphatic rings. The van der Waals surface area contributed by atoms with Crippen molar-refractivity contribution < 1.29 is 9.47 Å². The summed E-state index contributed by atoms with van der Waals surface area (Å²) in [5.41, 5.74) is 2.77. The van der Waals surface area contributed by atoms with Gasteiger partial charge in [-0.2, -0.15) is 0 Å². The Morgan fingerprint density at radius 2 is 1.78 bits per heavy atom. The van der Waals surface area contributed by atoms with Crippen LogP contribution in [0.5, 0.6) is 0 Å². The molecular formula is C27H39Cl2N5O2. The minimum absolute atomic E-state index is 0.208. The third kappa shape index (κ3) is 7.45. The number of halogens is 2. The lowest BCUT2D eigenvalue weighted by Crippen LogP contribution is -2.42. The van der Waals surface area contributed by atoms with Crippen molar-refractivity contribution in [1.29, 1.82) is 0 Å². The maximum absolute atomic E-state index is 6.58. The van der Waals surface area contributed by atoms with Crippen LogP contribution in [0.3, 0.4) is 0 Å². The number of nitrogens with zero attached hydrogens (tertiary/aromatic N) is 2. The van der Waals surface area contributed by atoms with Gasteiger partial charge in [0.15, 0.2) is 0 Å². The molecule has 36 heavy (non-hydrogen) atoms. The van der Waals surface area contributed by atoms with Crippen LogP contribution in [0.2, 0.25) is 10.2 Å². The van der Waals surface area contributed by atoms with Crippen molar-refractivity contribution in [3.63, 3.8) is 0 Å². The SMILES string of the molecule is COC[C@@H](C)N[C@H]1CC[C@H](Nc2cc(-c3cc(NCC4(C)CCOCC4)cnc3Cl)c(Cl)cn2)CC1. The monoisotopic (exact) mass is 535 g/mol. The quantitative estimate of drug-likeness (QED) is 0.320. The molecule has 2 fully saturated rings. The number of hydrogen-bond acceptors (Lipinski definition) is 7. The van der Waals surface area contributed by atoms with Gasteiger partial charge in [0.1, 0.15) is 11.0 Å². The average Bonchev–Trinajstić information content (AvgIpc) is 2.87. The first-order chi connectivity index (χ1) is 17.3. The molecule has 1 aliphatic heterocycles. The van der Waals surface area contributed by atoms with Gasteiger partial charge in [-0.25, -0.2) is 9.97 Å². The van der Waals surface area contributed by atoms with E-state index in [0.29, 0.717) is 28.3 Å². The molecule has 3 heterocycles. The zero-order valence-corrected chi connectivity index (χ0v) is 23.1. The van der Waals surface area contributed by atoms with Gasteiger partial charge in [0.05, 0.1) is 23.5 Å². The van der Waals surface area contributed by atoms with E-state index in [2.05, 4.69) is 39.8 Å². The first kappa shape index (κ1) is 27.4. The Bertz CT molecular complexity index is 994. The van der Waals surface area contributed by atoms with Crippen molar-refractivity contribution in [2.24, 2.45) is 5.41 Å². The lowest BCUT2D eigenvalue weighted by atomic mass is 9.82. The fourth-order valence-electron chi connectivity index (χ4n) is 5.13. The Morgan fingerprint density at radius 3 is 2.50 bits per heavy atom. The summed E-state index contributed by atoms with van der Waals surface area (Å²) < 4.78 is 10.8. The Hall–Kier alpha value is -1.64. The predicted molar refractivity (Wildman–Crippen MR) is 148 cm³/mol. The third-order valence-electron chi connectivity index (χ3n) is 7.42. The molecule has 2 aromatic rings. The van der Waals surface area contributed by atoms with Crippen LogP contribution in [0.4, 0.5) is 11.5 Å². The van der Waals surface area contributed by atoms with Crippen LogP contribution in [0.15, 0.2) is 24.5 Å². The summed E-state index contributed by atoms with van der Waals surface area (Å²) in [6.07, 6.45) is 9.99. The van der Waals surface area contributed by atoms with Gasteiger partial charge >= 0.3 is 0 Å². The molecule has 0 bridgehead atoms. The van der Waals surface area contributed by atoms with Gasteiger partial charge in [0.25, 0.3) is 0 Å². The molecule has 3 N–H and O–H groups in total. The number of hydrogen-bond donors (Lipinski definition) is 3. The van der Waals surface area contributed by atoms with Gasteiger partial charge in [-0.1, -0.05) is 30.1 Å². The summed E-state index contributed by atoms with van der Waals surface area (Å²) in [5, 5.41) is 11.8. The van der Waals surface area contributed by atoms with Crippen LogP contribution < -0.4 is 16.0 Å². The zero-order valence-electron chi connectivity index (χ0n) is 21.6. The molecule has 1 aliphatic carbocycles. The molecule has 4 rings (SSSR count). The molecule has 9 heteroatoms. The molecule has 0 radical (unpaired) electrons. The van der Waals surface area contributed by atoms with Gasteiger partial charge in [-0.05, 0) is 63.0 Å². The van der Waals surface area contributed by atoms with Crippen molar-refractivity contribution in [2.45, 2.75) is 70.5 Å². The zero-order chi connectivity index (χ0) is 25.5. The smallest absolute Gasteiger partial charge is 0.137 e. The van der Waals surface area contributed by atoms with Crippen molar-refractivity contribution in [3.05, 3.63) is 34.7 Å². The van der Waals surface area contributed by atoms with E-state index in [-0.39, 0.29) is 5.41 Å². The number of anilines is 2. The van der Waals surface area contributed by atoms with E-state index in [1.165, 1.54) is 0 Å². The summed E-state index contributed by atoms with van der Waals surface area (Å²) in [6.45, 7) is 7.69. The van der Waals surface area contributed by atoms with E-state index < -0.39 is 0 Å². The first-order valence-corrected chi connectivity index (χ1v) is 13.8. The molecule has 2 aromatic heterocycles. The van der Waals surface area contributed by atoms with Crippen LogP contribution >= 0.6 is 23.2 Å². The summed E-state index contributed by atoms with van der Waals surface area (Å²) >= 11 is 13.1. The topological polar surface area (TPSA) is 80.3 Å². The largest absolute Gasteiger partial charge is 0.383 e. The highest BCUT2D eigenvalue weighted by atomic mass is 35.5. The van der Waals surface area contributed by atoms with Gasteiger partial charge in [0, 0.05) is 62.3 Å². The lowest BCUT2D eigenvalue weighted by molar-refractivity contribution is 0.0300. The summed E-state index contributed by atoms with van der Waals surface area (Å²) in [6, 6.07) is 5.30. The van der Waals surface area contributed by atoms with Crippen LogP contribution in [0, 0.1) is 5.41 Å². The van der Waals surface area contributed by atoms with E-state index in [4.69, 9.17) is 32.7 Å². The van der Waals surface area contributed by atoms with Crippen LogP contribution in [0.1, 0.15) is 52.4 Å². The van der Waals surface area contributed by atoms with Crippen molar-refractivity contribution in [2.75, 3.05) is 44.1 Å². The normalized spacial score (nSPS) is 22.7. The second-order valence-electron chi connectivity index (χ2n) is 10.6. The van der Waals surface area contributed by atoms with Crippen molar-refractivity contribution in [1.82, 2.24) is 15.3 Å². The van der Waals surface area contributed by atoms with Crippen LogP contribution in [0.25, 0.3) is 11.1 Å². The second-order valence-corrected chi connectivity index (χ2v) is 11.4. The van der Waals surface area contributed by atoms with Gasteiger partial charge < -0.3 is 25.4 Å². The highest BCUT2D eigenvalue weighted by Crippen LogP contribution is 2.36. The molecule has 198 valence electrons. The highest BCUT2D eigenvalue weighted by molar-refractivity contribution is 6.36. The Kier molecular flexibility index (Phi) is 9.70. The lowest BCUT2D eigenvalue weighted by Gasteiger charge is -2.34. The number of aromatic nitrogens is 2. The molecule has 0 unspecified atom stereocenters.